The SMILES string of the molecule is Cc1nonc1COc1ccc(C=CC(=O)O)cc1Cl. The molecule has 6 nitrogen and oxygen atoms in total. The molecule has 0 atom stereocenters. The van der Waals surface area contributed by atoms with Crippen LogP contribution in [0.4, 0.5) is 0 Å². The highest BCUT2D eigenvalue weighted by Gasteiger charge is 2.08. The van der Waals surface area contributed by atoms with Gasteiger partial charge in [-0.15, -0.1) is 0 Å². The molecule has 1 heterocycles. The number of carboxylic acid groups (broad SMARTS) is 1. The summed E-state index contributed by atoms with van der Waals surface area (Å²) in [5, 5.41) is 16.3. The molecule has 0 aliphatic rings. The van der Waals surface area contributed by atoms with Crippen LogP contribution >= 0.6 is 11.6 Å². The van der Waals surface area contributed by atoms with Gasteiger partial charge in [-0.2, -0.15) is 0 Å². The van der Waals surface area contributed by atoms with Crippen LogP contribution < -0.4 is 4.74 Å². The second-order valence-corrected chi connectivity index (χ2v) is 4.35. The van der Waals surface area contributed by atoms with Crippen LogP contribution in [0.15, 0.2) is 28.9 Å². The molecule has 20 heavy (non-hydrogen) atoms. The Bertz CT molecular complexity index is 652. The highest BCUT2D eigenvalue weighted by Crippen LogP contribution is 2.26. The zero-order valence-electron chi connectivity index (χ0n) is 10.5. The number of carboxylic acids is 1. The average Bonchev–Trinajstić information content (AvgIpc) is 2.81. The molecule has 7 heteroatoms. The Morgan fingerprint density at radius 3 is 2.90 bits per heavy atom. The maximum absolute atomic E-state index is 10.4. The van der Waals surface area contributed by atoms with Crippen molar-refractivity contribution in [2.45, 2.75) is 13.5 Å². The van der Waals surface area contributed by atoms with Crippen LogP contribution in [0.3, 0.4) is 0 Å². The van der Waals surface area contributed by atoms with Gasteiger partial charge in [-0.25, -0.2) is 9.42 Å². The van der Waals surface area contributed by atoms with Crippen LogP contribution in [0.2, 0.25) is 5.02 Å². The minimum atomic E-state index is -1.02. The summed E-state index contributed by atoms with van der Waals surface area (Å²) in [6.45, 7) is 1.95. The standard InChI is InChI=1S/C13H11ClN2O4/c1-8-11(16-20-15-8)7-19-12-4-2-9(6-10(12)14)3-5-13(17)18/h2-6H,7H2,1H3,(H,17,18). The van der Waals surface area contributed by atoms with Gasteiger partial charge in [-0.3, -0.25) is 0 Å². The maximum atomic E-state index is 10.4. The Morgan fingerprint density at radius 2 is 2.30 bits per heavy atom. The number of nitrogens with zero attached hydrogens (tertiary/aromatic N) is 2. The molecule has 2 aromatic rings. The first-order chi connectivity index (χ1) is 9.56. The summed E-state index contributed by atoms with van der Waals surface area (Å²) in [6.07, 6.45) is 2.49. The fraction of sp³-hybridized carbons (Fsp3) is 0.154. The molecule has 0 saturated heterocycles. The molecule has 0 saturated carbocycles. The normalized spacial score (nSPS) is 10.9. The van der Waals surface area contributed by atoms with Crippen LogP contribution in [0.5, 0.6) is 5.75 Å². The van der Waals surface area contributed by atoms with Crippen molar-refractivity contribution in [3.8, 4) is 5.75 Å². The number of hydrogen-bond acceptors (Lipinski definition) is 5. The van der Waals surface area contributed by atoms with Gasteiger partial charge in [0, 0.05) is 6.08 Å². The highest BCUT2D eigenvalue weighted by molar-refractivity contribution is 6.32. The van der Waals surface area contributed by atoms with Gasteiger partial charge in [0.25, 0.3) is 0 Å². The van der Waals surface area contributed by atoms with E-state index in [4.69, 9.17) is 21.4 Å². The molecular formula is C13H11ClN2O4. The summed E-state index contributed by atoms with van der Waals surface area (Å²) in [4.78, 5) is 10.4. The van der Waals surface area contributed by atoms with Gasteiger partial charge in [-0.1, -0.05) is 28.0 Å². The van der Waals surface area contributed by atoms with Crippen LogP contribution in [-0.4, -0.2) is 21.4 Å². The van der Waals surface area contributed by atoms with E-state index in [2.05, 4.69) is 14.9 Å². The third-order valence-electron chi connectivity index (χ3n) is 2.49. The lowest BCUT2D eigenvalue weighted by Crippen LogP contribution is -1.98. The number of aromatic nitrogens is 2. The lowest BCUT2D eigenvalue weighted by Gasteiger charge is -2.07. The van der Waals surface area contributed by atoms with Gasteiger partial charge >= 0.3 is 5.97 Å². The van der Waals surface area contributed by atoms with Crippen molar-refractivity contribution in [3.63, 3.8) is 0 Å². The molecule has 104 valence electrons. The lowest BCUT2D eigenvalue weighted by molar-refractivity contribution is -0.131. The molecular weight excluding hydrogens is 284 g/mol. The van der Waals surface area contributed by atoms with Gasteiger partial charge in [0.1, 0.15) is 23.7 Å². The lowest BCUT2D eigenvalue weighted by atomic mass is 10.2. The minimum Gasteiger partial charge on any atom is -0.486 e. The van der Waals surface area contributed by atoms with Crippen molar-refractivity contribution in [2.75, 3.05) is 0 Å². The van der Waals surface area contributed by atoms with Crippen LogP contribution in [0.25, 0.3) is 6.08 Å². The van der Waals surface area contributed by atoms with Crippen molar-refractivity contribution in [3.05, 3.63) is 46.2 Å². The summed E-state index contributed by atoms with van der Waals surface area (Å²) in [6, 6.07) is 4.98. The van der Waals surface area contributed by atoms with Crippen molar-refractivity contribution in [2.24, 2.45) is 0 Å². The predicted molar refractivity (Wildman–Crippen MR) is 71.5 cm³/mol. The summed E-state index contributed by atoms with van der Waals surface area (Å²) in [5.74, 6) is -0.544. The van der Waals surface area contributed by atoms with Gasteiger partial charge < -0.3 is 9.84 Å². The predicted octanol–water partition coefficient (Wildman–Crippen LogP) is 2.71. The fourth-order valence-corrected chi connectivity index (χ4v) is 1.68. The zero-order chi connectivity index (χ0) is 14.5. The monoisotopic (exact) mass is 294 g/mol. The van der Waals surface area contributed by atoms with Crippen LogP contribution in [0.1, 0.15) is 17.0 Å². The van der Waals surface area contributed by atoms with Gasteiger partial charge in [-0.05, 0) is 30.7 Å². The summed E-state index contributed by atoms with van der Waals surface area (Å²) < 4.78 is 10.1. The molecule has 0 aliphatic carbocycles. The minimum absolute atomic E-state index is 0.194. The van der Waals surface area contributed by atoms with E-state index in [0.29, 0.717) is 27.7 Å². The van der Waals surface area contributed by atoms with E-state index in [1.165, 1.54) is 6.08 Å². The Morgan fingerprint density at radius 1 is 1.50 bits per heavy atom. The molecule has 0 spiro atoms. The van der Waals surface area contributed by atoms with E-state index in [1.807, 2.05) is 0 Å². The van der Waals surface area contributed by atoms with Crippen LogP contribution in [0, 0.1) is 6.92 Å². The number of aryl methyl sites for hydroxylation is 1. The van der Waals surface area contributed by atoms with Crippen LogP contribution in [-0.2, 0) is 11.4 Å². The molecule has 1 aromatic carbocycles. The molecule has 0 aliphatic heterocycles. The van der Waals surface area contributed by atoms with Gasteiger partial charge in [0.05, 0.1) is 5.02 Å². The molecule has 0 fully saturated rings. The number of hydrogen-bond donors (Lipinski definition) is 1. The topological polar surface area (TPSA) is 85.5 Å². The first-order valence-electron chi connectivity index (χ1n) is 5.67. The van der Waals surface area contributed by atoms with Gasteiger partial charge in [0.15, 0.2) is 0 Å². The largest absolute Gasteiger partial charge is 0.486 e. The molecule has 2 rings (SSSR count). The Kier molecular flexibility index (Phi) is 4.37. The van der Waals surface area contributed by atoms with E-state index >= 15 is 0 Å². The van der Waals surface area contributed by atoms with E-state index in [0.717, 1.165) is 6.08 Å². The number of aliphatic carboxylic acids is 1. The Hall–Kier alpha value is -2.34. The second kappa shape index (κ2) is 6.21. The molecule has 1 aromatic heterocycles. The van der Waals surface area contributed by atoms with Crippen molar-refractivity contribution in [1.82, 2.24) is 10.3 Å². The average molecular weight is 295 g/mol. The smallest absolute Gasteiger partial charge is 0.328 e. The third kappa shape index (κ3) is 3.58. The maximum Gasteiger partial charge on any atom is 0.328 e. The highest BCUT2D eigenvalue weighted by atomic mass is 35.5. The van der Waals surface area contributed by atoms with E-state index in [1.54, 1.807) is 25.1 Å². The Balaban J connectivity index is 2.06. The van der Waals surface area contributed by atoms with E-state index in [-0.39, 0.29) is 6.61 Å². The Labute approximate surface area is 119 Å². The fourth-order valence-electron chi connectivity index (χ4n) is 1.43. The first-order valence-corrected chi connectivity index (χ1v) is 6.05. The molecule has 1 N–H and O–H groups in total. The molecule has 0 radical (unpaired) electrons. The number of ether oxygens (including phenoxy) is 1. The molecule has 0 bridgehead atoms. The summed E-state index contributed by atoms with van der Waals surface area (Å²) in [7, 11) is 0. The molecule has 0 unspecified atom stereocenters. The third-order valence-corrected chi connectivity index (χ3v) is 2.78. The van der Waals surface area contributed by atoms with Crippen molar-refractivity contribution in [1.29, 1.82) is 0 Å². The van der Waals surface area contributed by atoms with E-state index < -0.39 is 5.97 Å². The second-order valence-electron chi connectivity index (χ2n) is 3.95. The number of halogens is 1. The number of carbonyl (C=O) groups is 1. The summed E-state index contributed by atoms with van der Waals surface area (Å²) >= 11 is 6.06. The zero-order valence-corrected chi connectivity index (χ0v) is 11.3. The van der Waals surface area contributed by atoms with Crippen molar-refractivity contribution < 1.29 is 19.3 Å². The summed E-state index contributed by atoms with van der Waals surface area (Å²) in [5.41, 5.74) is 1.92. The first kappa shape index (κ1) is 14.1. The number of rotatable bonds is 5. The van der Waals surface area contributed by atoms with E-state index in [9.17, 15) is 4.79 Å². The quantitative estimate of drug-likeness (QED) is 0.853. The van der Waals surface area contributed by atoms with Gasteiger partial charge in [0.2, 0.25) is 0 Å². The number of benzene rings is 1. The molecule has 0 amide bonds. The van der Waals surface area contributed by atoms with Crippen molar-refractivity contribution >= 4 is 23.6 Å².